The zero-order chi connectivity index (χ0) is 30.5. The Hall–Kier alpha value is -3.57. The maximum absolute atomic E-state index is 14.2. The molecule has 0 spiro atoms. The van der Waals surface area contributed by atoms with Crippen molar-refractivity contribution in [1.29, 1.82) is 0 Å². The molecule has 0 bridgehead atoms. The first kappa shape index (κ1) is 30.5. The van der Waals surface area contributed by atoms with Crippen molar-refractivity contribution >= 4 is 34.2 Å². The molecular weight excluding hydrogens is 585 g/mol. The number of fused-ring (bicyclic) bond motifs is 1. The Morgan fingerprint density at radius 3 is 2.70 bits per heavy atom. The van der Waals surface area contributed by atoms with Crippen LogP contribution in [-0.4, -0.2) is 64.9 Å². The number of halogens is 2. The van der Waals surface area contributed by atoms with Crippen molar-refractivity contribution < 1.29 is 23.4 Å². The van der Waals surface area contributed by atoms with Gasteiger partial charge in [0, 0.05) is 47.7 Å². The lowest BCUT2D eigenvalue weighted by molar-refractivity contribution is -0.117. The molecule has 6 rings (SSSR count). The van der Waals surface area contributed by atoms with E-state index in [9.17, 15) is 9.18 Å². The number of hydrogen-bond acceptors (Lipinski definition) is 7. The monoisotopic (exact) mass is 621 g/mol. The normalized spacial score (nSPS) is 17.5. The number of amides is 1. The first-order valence-electron chi connectivity index (χ1n) is 15.1. The first-order valence-corrected chi connectivity index (χ1v) is 15.5. The number of pyridine rings is 1. The van der Waals surface area contributed by atoms with Gasteiger partial charge in [0.05, 0.1) is 43.3 Å². The van der Waals surface area contributed by atoms with Crippen molar-refractivity contribution in [3.05, 3.63) is 82.5 Å². The summed E-state index contributed by atoms with van der Waals surface area (Å²) in [6.45, 7) is 4.59. The van der Waals surface area contributed by atoms with Gasteiger partial charge in [0.15, 0.2) is 0 Å². The second-order valence-corrected chi connectivity index (χ2v) is 11.8. The third-order valence-corrected chi connectivity index (χ3v) is 8.57. The molecular formula is C33H37ClFN5O4. The smallest absolute Gasteiger partial charge is 0.226 e. The van der Waals surface area contributed by atoms with Crippen molar-refractivity contribution in [1.82, 2.24) is 19.4 Å². The molecule has 2 aromatic carbocycles. The van der Waals surface area contributed by atoms with E-state index in [0.717, 1.165) is 80.3 Å². The van der Waals surface area contributed by atoms with Gasteiger partial charge in [-0.15, -0.1) is 0 Å². The Morgan fingerprint density at radius 2 is 1.95 bits per heavy atom. The highest BCUT2D eigenvalue weighted by Gasteiger charge is 2.26. The van der Waals surface area contributed by atoms with Crippen molar-refractivity contribution in [2.75, 3.05) is 38.7 Å². The number of nitrogens with zero attached hydrogens (tertiary/aromatic N) is 4. The molecule has 0 radical (unpaired) electrons. The Balaban J connectivity index is 1.09. The molecule has 2 aromatic heterocycles. The van der Waals surface area contributed by atoms with Crippen LogP contribution < -0.4 is 10.1 Å². The predicted octanol–water partition coefficient (Wildman–Crippen LogP) is 5.95. The minimum atomic E-state index is -0.389. The number of aromatic nitrogens is 3. The number of methoxy groups -OCH3 is 1. The molecule has 0 saturated carbocycles. The molecule has 1 amide bonds. The van der Waals surface area contributed by atoms with Crippen LogP contribution in [0.2, 0.25) is 5.02 Å². The molecule has 44 heavy (non-hydrogen) atoms. The molecule has 2 fully saturated rings. The lowest BCUT2D eigenvalue weighted by Crippen LogP contribution is -2.35. The summed E-state index contributed by atoms with van der Waals surface area (Å²) in [5.74, 6) is 1.33. The third kappa shape index (κ3) is 7.38. The van der Waals surface area contributed by atoms with Gasteiger partial charge in [0.2, 0.25) is 11.8 Å². The number of imidazole rings is 1. The number of likely N-dealkylation sites (tertiary alicyclic amines) is 1. The Morgan fingerprint density at radius 1 is 1.11 bits per heavy atom. The van der Waals surface area contributed by atoms with Crippen molar-refractivity contribution in [2.24, 2.45) is 0 Å². The number of ether oxygens (including phenoxy) is 3. The summed E-state index contributed by atoms with van der Waals surface area (Å²) in [6.07, 6.45) is 3.47. The van der Waals surface area contributed by atoms with Gasteiger partial charge in [-0.3, -0.25) is 9.69 Å². The summed E-state index contributed by atoms with van der Waals surface area (Å²) in [7, 11) is 1.58. The van der Waals surface area contributed by atoms with Gasteiger partial charge in [-0.1, -0.05) is 23.7 Å². The average Bonchev–Trinajstić information content (AvgIpc) is 3.33. The molecule has 0 aliphatic carbocycles. The van der Waals surface area contributed by atoms with Crippen LogP contribution in [0, 0.1) is 5.82 Å². The highest BCUT2D eigenvalue weighted by atomic mass is 35.5. The fourth-order valence-electron chi connectivity index (χ4n) is 5.75. The second kappa shape index (κ2) is 14.0. The summed E-state index contributed by atoms with van der Waals surface area (Å²) in [6, 6.07) is 16.3. The molecule has 9 nitrogen and oxygen atoms in total. The fraction of sp³-hybridized carbons (Fsp3) is 0.424. The van der Waals surface area contributed by atoms with E-state index in [0.29, 0.717) is 35.4 Å². The van der Waals surface area contributed by atoms with Gasteiger partial charge in [-0.2, -0.15) is 0 Å². The predicted molar refractivity (Wildman–Crippen MR) is 166 cm³/mol. The van der Waals surface area contributed by atoms with Crippen molar-refractivity contribution in [3.8, 4) is 5.88 Å². The van der Waals surface area contributed by atoms with Crippen molar-refractivity contribution in [2.45, 2.75) is 57.4 Å². The van der Waals surface area contributed by atoms with E-state index in [2.05, 4.69) is 14.8 Å². The molecule has 1 N–H and O–H groups in total. The molecule has 2 saturated heterocycles. The number of rotatable bonds is 12. The standard InChI is InChI=1S/C33H37ClFN5O4/c1-42-15-12-32(41)36-25-7-8-30-29(18-25)37-31(40(30)19-26-11-16-43-26)20-39-13-9-22(10-14-39)28-3-2-4-33(38-28)44-21-23-5-6-24(34)17-27(23)35/h2-8,17-18,22,26H,9-16,19-21H2,1H3,(H,36,41). The largest absolute Gasteiger partial charge is 0.473 e. The Kier molecular flexibility index (Phi) is 9.71. The number of carbonyl (C=O) groups excluding carboxylic acids is 1. The molecule has 1 unspecified atom stereocenters. The molecule has 2 aliphatic heterocycles. The molecule has 4 aromatic rings. The molecule has 4 heterocycles. The minimum absolute atomic E-state index is 0.0846. The van der Waals surface area contributed by atoms with Gasteiger partial charge >= 0.3 is 0 Å². The highest BCUT2D eigenvalue weighted by molar-refractivity contribution is 6.30. The fourth-order valence-corrected chi connectivity index (χ4v) is 5.91. The van der Waals surface area contributed by atoms with Crippen molar-refractivity contribution in [3.63, 3.8) is 0 Å². The minimum Gasteiger partial charge on any atom is -0.473 e. The zero-order valence-electron chi connectivity index (χ0n) is 24.8. The summed E-state index contributed by atoms with van der Waals surface area (Å²) in [5.41, 5.74) is 4.06. The van der Waals surface area contributed by atoms with E-state index in [4.69, 9.17) is 35.8 Å². The van der Waals surface area contributed by atoms with Crippen LogP contribution in [0.4, 0.5) is 10.1 Å². The van der Waals surface area contributed by atoms with Crippen LogP contribution >= 0.6 is 11.6 Å². The maximum Gasteiger partial charge on any atom is 0.226 e. The van der Waals surface area contributed by atoms with E-state index >= 15 is 0 Å². The lowest BCUT2D eigenvalue weighted by Gasteiger charge is -2.32. The number of benzene rings is 2. The van der Waals surface area contributed by atoms with Gasteiger partial charge in [0.1, 0.15) is 18.2 Å². The van der Waals surface area contributed by atoms with E-state index in [1.165, 1.54) is 6.07 Å². The van der Waals surface area contributed by atoms with Gasteiger partial charge < -0.3 is 24.1 Å². The second-order valence-electron chi connectivity index (χ2n) is 11.4. The molecule has 232 valence electrons. The van der Waals surface area contributed by atoms with Gasteiger partial charge in [-0.25, -0.2) is 14.4 Å². The lowest BCUT2D eigenvalue weighted by atomic mass is 9.93. The van der Waals surface area contributed by atoms with E-state index < -0.39 is 0 Å². The number of nitrogens with one attached hydrogen (secondary N) is 1. The number of piperidine rings is 1. The third-order valence-electron chi connectivity index (χ3n) is 8.33. The van der Waals surface area contributed by atoms with Gasteiger partial charge in [0.25, 0.3) is 0 Å². The summed E-state index contributed by atoms with van der Waals surface area (Å²) >= 11 is 5.86. The SMILES string of the molecule is COCCC(=O)Nc1ccc2c(c1)nc(CN1CCC(c3cccc(OCc4ccc(Cl)cc4F)n3)CC1)n2CC1CCO1. The van der Waals surface area contributed by atoms with Crippen LogP contribution in [0.25, 0.3) is 11.0 Å². The first-order chi connectivity index (χ1) is 21.4. The topological polar surface area (TPSA) is 90.7 Å². The molecule has 1 atom stereocenters. The number of carbonyl (C=O) groups is 1. The van der Waals surface area contributed by atoms with Gasteiger partial charge in [-0.05, 0) is 68.8 Å². The van der Waals surface area contributed by atoms with Crippen LogP contribution in [0.5, 0.6) is 5.88 Å². The quantitative estimate of drug-likeness (QED) is 0.209. The number of hydrogen-bond donors (Lipinski definition) is 1. The average molecular weight is 622 g/mol. The van der Waals surface area contributed by atoms with Crippen LogP contribution in [0.15, 0.2) is 54.6 Å². The van der Waals surface area contributed by atoms with E-state index in [1.807, 2.05) is 30.3 Å². The molecule has 2 aliphatic rings. The summed E-state index contributed by atoms with van der Waals surface area (Å²) in [4.78, 5) is 24.4. The van der Waals surface area contributed by atoms with Crippen LogP contribution in [0.1, 0.15) is 48.7 Å². The number of anilines is 1. The van der Waals surface area contributed by atoms with Crippen LogP contribution in [-0.2, 0) is 34.0 Å². The Labute approximate surface area is 261 Å². The van der Waals surface area contributed by atoms with E-state index in [1.54, 1.807) is 25.3 Å². The summed E-state index contributed by atoms with van der Waals surface area (Å²) < 4.78 is 33.0. The van der Waals surface area contributed by atoms with E-state index in [-0.39, 0.29) is 24.4 Å². The molecule has 11 heteroatoms. The van der Waals surface area contributed by atoms with Crippen LogP contribution in [0.3, 0.4) is 0 Å². The maximum atomic E-state index is 14.2. The summed E-state index contributed by atoms with van der Waals surface area (Å²) in [5, 5.41) is 3.30. The Bertz CT molecular complexity index is 1600. The zero-order valence-corrected chi connectivity index (χ0v) is 25.6. The highest BCUT2D eigenvalue weighted by Crippen LogP contribution is 2.30.